The van der Waals surface area contributed by atoms with E-state index in [0.29, 0.717) is 0 Å². The second-order valence-electron chi connectivity index (χ2n) is 3.82. The molecular formula is C10H16N2S. The van der Waals surface area contributed by atoms with Crippen molar-refractivity contribution in [1.82, 2.24) is 4.98 Å². The third-order valence-corrected chi connectivity index (χ3v) is 3.92. The van der Waals surface area contributed by atoms with Crippen LogP contribution in [0.1, 0.15) is 36.6 Å². The van der Waals surface area contributed by atoms with E-state index in [0.717, 1.165) is 18.4 Å². The molecule has 0 amide bonds. The first-order valence-electron chi connectivity index (χ1n) is 4.99. The Bertz CT molecular complexity index is 237. The minimum absolute atomic E-state index is 0.725. The molecule has 2 N–H and O–H groups in total. The summed E-state index contributed by atoms with van der Waals surface area (Å²) in [5.74, 6) is 1.50. The molecule has 1 heterocycles. The zero-order chi connectivity index (χ0) is 9.10. The SMILES string of the molecule is NCC1CCC(c2nccs2)CC1. The maximum Gasteiger partial charge on any atom is 0.0955 e. The number of rotatable bonds is 2. The number of hydrogen-bond donors (Lipinski definition) is 1. The number of aromatic nitrogens is 1. The Labute approximate surface area is 83.2 Å². The van der Waals surface area contributed by atoms with Gasteiger partial charge in [0.1, 0.15) is 0 Å². The van der Waals surface area contributed by atoms with E-state index in [9.17, 15) is 0 Å². The van der Waals surface area contributed by atoms with E-state index in [1.807, 2.05) is 6.20 Å². The molecule has 2 rings (SSSR count). The van der Waals surface area contributed by atoms with Gasteiger partial charge in [-0.15, -0.1) is 11.3 Å². The van der Waals surface area contributed by atoms with Gasteiger partial charge >= 0.3 is 0 Å². The molecular weight excluding hydrogens is 180 g/mol. The Kier molecular flexibility index (Phi) is 2.96. The lowest BCUT2D eigenvalue weighted by molar-refractivity contribution is 0.332. The molecule has 1 aromatic rings. The zero-order valence-corrected chi connectivity index (χ0v) is 8.59. The summed E-state index contributed by atoms with van der Waals surface area (Å²) in [6.07, 6.45) is 7.07. The molecule has 1 aromatic heterocycles. The van der Waals surface area contributed by atoms with E-state index in [4.69, 9.17) is 5.73 Å². The second-order valence-corrected chi connectivity index (χ2v) is 4.75. The minimum atomic E-state index is 0.725. The van der Waals surface area contributed by atoms with Crippen LogP contribution in [0.5, 0.6) is 0 Å². The van der Waals surface area contributed by atoms with Crippen LogP contribution in [0.4, 0.5) is 0 Å². The van der Waals surface area contributed by atoms with Gasteiger partial charge in [-0.25, -0.2) is 4.98 Å². The predicted octanol–water partition coefficient (Wildman–Crippen LogP) is 2.38. The van der Waals surface area contributed by atoms with Crippen LogP contribution in [0.25, 0.3) is 0 Å². The fourth-order valence-electron chi connectivity index (χ4n) is 2.08. The van der Waals surface area contributed by atoms with Gasteiger partial charge in [-0.3, -0.25) is 0 Å². The van der Waals surface area contributed by atoms with Crippen LogP contribution in [0.15, 0.2) is 11.6 Å². The molecule has 1 fully saturated rings. The summed E-state index contributed by atoms with van der Waals surface area (Å²) in [4.78, 5) is 4.38. The molecule has 1 saturated carbocycles. The highest BCUT2D eigenvalue weighted by Crippen LogP contribution is 2.35. The summed E-state index contributed by atoms with van der Waals surface area (Å²) in [6, 6.07) is 0. The van der Waals surface area contributed by atoms with Crippen molar-refractivity contribution in [1.29, 1.82) is 0 Å². The van der Waals surface area contributed by atoms with Crippen LogP contribution in [0, 0.1) is 5.92 Å². The average Bonchev–Trinajstić information content (AvgIpc) is 2.71. The first-order valence-corrected chi connectivity index (χ1v) is 5.87. The number of nitrogens with zero attached hydrogens (tertiary/aromatic N) is 1. The van der Waals surface area contributed by atoms with Gasteiger partial charge in [0.15, 0.2) is 0 Å². The largest absolute Gasteiger partial charge is 0.330 e. The number of hydrogen-bond acceptors (Lipinski definition) is 3. The molecule has 3 heteroatoms. The highest BCUT2D eigenvalue weighted by Gasteiger charge is 2.22. The highest BCUT2D eigenvalue weighted by molar-refractivity contribution is 7.09. The molecule has 0 radical (unpaired) electrons. The third-order valence-electron chi connectivity index (χ3n) is 2.98. The van der Waals surface area contributed by atoms with Crippen molar-refractivity contribution >= 4 is 11.3 Å². The standard InChI is InChI=1S/C10H16N2S/c11-7-8-1-3-9(4-2-8)10-12-5-6-13-10/h5-6,8-9H,1-4,7,11H2. The highest BCUT2D eigenvalue weighted by atomic mass is 32.1. The van der Waals surface area contributed by atoms with Crippen LogP contribution < -0.4 is 5.73 Å². The summed E-state index contributed by atoms with van der Waals surface area (Å²) in [5, 5.41) is 3.40. The van der Waals surface area contributed by atoms with Crippen molar-refractivity contribution < 1.29 is 0 Å². The van der Waals surface area contributed by atoms with Crippen molar-refractivity contribution in [3.63, 3.8) is 0 Å². The van der Waals surface area contributed by atoms with E-state index < -0.39 is 0 Å². The fraction of sp³-hybridized carbons (Fsp3) is 0.700. The molecule has 0 aliphatic heterocycles. The van der Waals surface area contributed by atoms with Gasteiger partial charge in [-0.2, -0.15) is 0 Å². The quantitative estimate of drug-likeness (QED) is 0.788. The van der Waals surface area contributed by atoms with Crippen molar-refractivity contribution in [2.24, 2.45) is 11.7 Å². The maximum atomic E-state index is 5.65. The Morgan fingerprint density at radius 3 is 2.69 bits per heavy atom. The van der Waals surface area contributed by atoms with E-state index in [-0.39, 0.29) is 0 Å². The fourth-order valence-corrected chi connectivity index (χ4v) is 2.89. The molecule has 0 saturated heterocycles. The Morgan fingerprint density at radius 1 is 1.38 bits per heavy atom. The monoisotopic (exact) mass is 196 g/mol. The second kappa shape index (κ2) is 4.20. The minimum Gasteiger partial charge on any atom is -0.330 e. The lowest BCUT2D eigenvalue weighted by Gasteiger charge is -2.26. The van der Waals surface area contributed by atoms with Gasteiger partial charge in [0.25, 0.3) is 0 Å². The van der Waals surface area contributed by atoms with Gasteiger partial charge in [0.05, 0.1) is 5.01 Å². The molecule has 13 heavy (non-hydrogen) atoms. The Balaban J connectivity index is 1.92. The van der Waals surface area contributed by atoms with Crippen LogP contribution >= 0.6 is 11.3 Å². The van der Waals surface area contributed by atoms with Crippen LogP contribution in [0.3, 0.4) is 0 Å². The summed E-state index contributed by atoms with van der Waals surface area (Å²) < 4.78 is 0. The predicted molar refractivity (Wildman–Crippen MR) is 55.9 cm³/mol. The molecule has 1 aliphatic rings. The van der Waals surface area contributed by atoms with Gasteiger partial charge in [-0.05, 0) is 38.1 Å². The van der Waals surface area contributed by atoms with Gasteiger partial charge in [0.2, 0.25) is 0 Å². The zero-order valence-electron chi connectivity index (χ0n) is 7.78. The number of nitrogens with two attached hydrogens (primary N) is 1. The topological polar surface area (TPSA) is 38.9 Å². The molecule has 0 bridgehead atoms. The molecule has 0 atom stereocenters. The summed E-state index contributed by atoms with van der Waals surface area (Å²) in [6.45, 7) is 0.866. The molecule has 1 aliphatic carbocycles. The first kappa shape index (κ1) is 9.16. The van der Waals surface area contributed by atoms with E-state index in [1.165, 1.54) is 30.7 Å². The molecule has 72 valence electrons. The number of thiazole rings is 1. The third kappa shape index (κ3) is 2.09. The van der Waals surface area contributed by atoms with Gasteiger partial charge < -0.3 is 5.73 Å². The van der Waals surface area contributed by atoms with E-state index in [1.54, 1.807) is 11.3 Å². The maximum absolute atomic E-state index is 5.65. The molecule has 0 unspecified atom stereocenters. The van der Waals surface area contributed by atoms with Crippen molar-refractivity contribution in [2.75, 3.05) is 6.54 Å². The molecule has 2 nitrogen and oxygen atoms in total. The lowest BCUT2D eigenvalue weighted by Crippen LogP contribution is -2.20. The van der Waals surface area contributed by atoms with Crippen LogP contribution in [0.2, 0.25) is 0 Å². The Hall–Kier alpha value is -0.410. The lowest BCUT2D eigenvalue weighted by atomic mass is 9.82. The van der Waals surface area contributed by atoms with Crippen molar-refractivity contribution in [2.45, 2.75) is 31.6 Å². The van der Waals surface area contributed by atoms with Crippen LogP contribution in [-0.2, 0) is 0 Å². The van der Waals surface area contributed by atoms with E-state index >= 15 is 0 Å². The summed E-state index contributed by atoms with van der Waals surface area (Å²) in [7, 11) is 0. The Morgan fingerprint density at radius 2 is 2.15 bits per heavy atom. The smallest absolute Gasteiger partial charge is 0.0955 e. The summed E-state index contributed by atoms with van der Waals surface area (Å²) >= 11 is 1.80. The van der Waals surface area contributed by atoms with Gasteiger partial charge in [-0.1, -0.05) is 0 Å². The molecule has 0 spiro atoms. The van der Waals surface area contributed by atoms with Gasteiger partial charge in [0, 0.05) is 17.5 Å². The van der Waals surface area contributed by atoms with Crippen LogP contribution in [-0.4, -0.2) is 11.5 Å². The van der Waals surface area contributed by atoms with Crippen molar-refractivity contribution in [3.8, 4) is 0 Å². The molecule has 0 aromatic carbocycles. The van der Waals surface area contributed by atoms with E-state index in [2.05, 4.69) is 10.4 Å². The normalized spacial score (nSPS) is 29.0. The first-order chi connectivity index (χ1) is 6.40. The van der Waals surface area contributed by atoms with Crippen molar-refractivity contribution in [3.05, 3.63) is 16.6 Å². The average molecular weight is 196 g/mol. The summed E-state index contributed by atoms with van der Waals surface area (Å²) in [5.41, 5.74) is 5.65.